The van der Waals surface area contributed by atoms with Crippen molar-refractivity contribution in [1.82, 2.24) is 4.98 Å². The summed E-state index contributed by atoms with van der Waals surface area (Å²) in [5.41, 5.74) is 1.18. The smallest absolute Gasteiger partial charge is 0.127 e. The minimum atomic E-state index is 0.910. The van der Waals surface area contributed by atoms with Gasteiger partial charge in [-0.1, -0.05) is 6.92 Å². The first-order valence-corrected chi connectivity index (χ1v) is 8.00. The van der Waals surface area contributed by atoms with E-state index >= 15 is 0 Å². The Labute approximate surface area is 126 Å². The van der Waals surface area contributed by atoms with Crippen molar-refractivity contribution >= 4 is 38.8 Å². The monoisotopic (exact) mass is 339 g/mol. The van der Waals surface area contributed by atoms with E-state index in [-0.39, 0.29) is 0 Å². The van der Waals surface area contributed by atoms with Crippen LogP contribution in [0.4, 0.5) is 11.5 Å². The Kier molecular flexibility index (Phi) is 5.22. The fraction of sp³-hybridized carbons (Fsp3) is 0.357. The van der Waals surface area contributed by atoms with Crippen LogP contribution in [0.1, 0.15) is 18.2 Å². The van der Waals surface area contributed by atoms with Gasteiger partial charge in [0.2, 0.25) is 0 Å². The Morgan fingerprint density at radius 2 is 2.26 bits per heavy atom. The van der Waals surface area contributed by atoms with Crippen LogP contribution in [-0.2, 0) is 6.54 Å². The molecule has 0 aliphatic carbocycles. The van der Waals surface area contributed by atoms with Gasteiger partial charge in [0.25, 0.3) is 0 Å². The maximum absolute atomic E-state index is 4.33. The molecule has 5 heteroatoms. The lowest BCUT2D eigenvalue weighted by atomic mass is 10.3. The summed E-state index contributed by atoms with van der Waals surface area (Å²) in [6, 6.07) is 6.30. The van der Waals surface area contributed by atoms with E-state index < -0.39 is 0 Å². The maximum atomic E-state index is 4.33. The van der Waals surface area contributed by atoms with E-state index in [9.17, 15) is 0 Å². The van der Waals surface area contributed by atoms with Gasteiger partial charge in [-0.25, -0.2) is 4.98 Å². The zero-order valence-corrected chi connectivity index (χ0v) is 13.6. The first kappa shape index (κ1) is 14.3. The van der Waals surface area contributed by atoms with Gasteiger partial charge in [-0.05, 0) is 34.5 Å². The predicted molar refractivity (Wildman–Crippen MR) is 87.1 cm³/mol. The second kappa shape index (κ2) is 6.91. The molecule has 0 spiro atoms. The number of pyridine rings is 1. The molecule has 0 saturated carbocycles. The van der Waals surface area contributed by atoms with E-state index in [4.69, 9.17) is 0 Å². The third-order valence-corrected chi connectivity index (χ3v) is 4.44. The number of aromatic nitrogens is 1. The number of nitrogens with one attached hydrogen (secondary N) is 1. The quantitative estimate of drug-likeness (QED) is 0.847. The zero-order chi connectivity index (χ0) is 13.7. The van der Waals surface area contributed by atoms with Gasteiger partial charge in [-0.2, -0.15) is 0 Å². The molecule has 0 aromatic carbocycles. The Hall–Kier alpha value is -1.07. The molecule has 2 aromatic rings. The van der Waals surface area contributed by atoms with Crippen LogP contribution < -0.4 is 10.2 Å². The van der Waals surface area contributed by atoms with E-state index in [0.29, 0.717) is 0 Å². The molecule has 0 fully saturated rings. The van der Waals surface area contributed by atoms with Crippen molar-refractivity contribution < 1.29 is 0 Å². The first-order valence-electron chi connectivity index (χ1n) is 6.33. The van der Waals surface area contributed by atoms with Gasteiger partial charge in [0.15, 0.2) is 0 Å². The van der Waals surface area contributed by atoms with Crippen LogP contribution in [-0.4, -0.2) is 18.6 Å². The Balaban J connectivity index is 2.03. The molecule has 2 aromatic heterocycles. The number of hydrogen-bond acceptors (Lipinski definition) is 4. The van der Waals surface area contributed by atoms with Crippen molar-refractivity contribution in [2.45, 2.75) is 19.9 Å². The number of thiophene rings is 1. The third-order valence-electron chi connectivity index (χ3n) is 2.76. The van der Waals surface area contributed by atoms with Gasteiger partial charge in [-0.15, -0.1) is 11.3 Å². The summed E-state index contributed by atoms with van der Waals surface area (Å²) in [7, 11) is 2.10. The zero-order valence-electron chi connectivity index (χ0n) is 11.2. The van der Waals surface area contributed by atoms with E-state index in [2.05, 4.69) is 62.6 Å². The standard InChI is InChI=1S/C14H18BrN3S/c1-3-5-16-14-8-12(4-6-17-14)18(2)9-13-7-11(15)10-19-13/h4,6-8,10H,3,5,9H2,1-2H3,(H,16,17). The molecule has 0 radical (unpaired) electrons. The van der Waals surface area contributed by atoms with Gasteiger partial charge < -0.3 is 10.2 Å². The summed E-state index contributed by atoms with van der Waals surface area (Å²) in [6.45, 7) is 4.02. The van der Waals surface area contributed by atoms with Crippen molar-refractivity contribution in [2.24, 2.45) is 0 Å². The summed E-state index contributed by atoms with van der Waals surface area (Å²) in [5.74, 6) is 0.943. The normalized spacial score (nSPS) is 10.5. The SMILES string of the molecule is CCCNc1cc(N(C)Cc2cc(Br)cs2)ccn1. The minimum Gasteiger partial charge on any atom is -0.370 e. The molecule has 0 amide bonds. The third kappa shape index (κ3) is 4.21. The number of halogens is 1. The lowest BCUT2D eigenvalue weighted by Crippen LogP contribution is -2.16. The fourth-order valence-corrected chi connectivity index (χ4v) is 3.27. The van der Waals surface area contributed by atoms with Crippen molar-refractivity contribution in [3.05, 3.63) is 39.1 Å². The van der Waals surface area contributed by atoms with Crippen LogP contribution in [0.15, 0.2) is 34.2 Å². The Morgan fingerprint density at radius 1 is 1.42 bits per heavy atom. The van der Waals surface area contributed by atoms with Crippen LogP contribution in [0.25, 0.3) is 0 Å². The molecule has 0 saturated heterocycles. The summed E-state index contributed by atoms with van der Waals surface area (Å²) in [4.78, 5) is 7.90. The summed E-state index contributed by atoms with van der Waals surface area (Å²) < 4.78 is 1.15. The topological polar surface area (TPSA) is 28.2 Å². The highest BCUT2D eigenvalue weighted by molar-refractivity contribution is 9.10. The molecule has 1 N–H and O–H groups in total. The van der Waals surface area contributed by atoms with E-state index in [1.807, 2.05) is 12.3 Å². The molecule has 0 aliphatic heterocycles. The molecule has 0 unspecified atom stereocenters. The van der Waals surface area contributed by atoms with Gasteiger partial charge in [0, 0.05) is 46.3 Å². The van der Waals surface area contributed by atoms with Crippen molar-refractivity contribution in [3.63, 3.8) is 0 Å². The molecule has 3 nitrogen and oxygen atoms in total. The second-order valence-electron chi connectivity index (χ2n) is 4.41. The van der Waals surface area contributed by atoms with Crippen LogP contribution in [0.5, 0.6) is 0 Å². The second-order valence-corrected chi connectivity index (χ2v) is 6.32. The highest BCUT2D eigenvalue weighted by Gasteiger charge is 2.05. The lowest BCUT2D eigenvalue weighted by Gasteiger charge is -2.19. The van der Waals surface area contributed by atoms with Crippen molar-refractivity contribution in [3.8, 4) is 0 Å². The molecule has 2 heterocycles. The Bertz CT molecular complexity index is 527. The average molecular weight is 340 g/mol. The van der Waals surface area contributed by atoms with Gasteiger partial charge in [-0.3, -0.25) is 0 Å². The fourth-order valence-electron chi connectivity index (χ4n) is 1.77. The highest BCUT2D eigenvalue weighted by atomic mass is 79.9. The van der Waals surface area contributed by atoms with E-state index in [1.54, 1.807) is 11.3 Å². The molecular formula is C14H18BrN3S. The number of hydrogen-bond donors (Lipinski definition) is 1. The maximum Gasteiger partial charge on any atom is 0.127 e. The number of anilines is 2. The minimum absolute atomic E-state index is 0.910. The van der Waals surface area contributed by atoms with Gasteiger partial charge in [0.1, 0.15) is 5.82 Å². The highest BCUT2D eigenvalue weighted by Crippen LogP contribution is 2.23. The first-order chi connectivity index (χ1) is 9.19. The summed E-state index contributed by atoms with van der Waals surface area (Å²) >= 11 is 5.26. The van der Waals surface area contributed by atoms with Crippen molar-refractivity contribution in [2.75, 3.05) is 23.8 Å². The lowest BCUT2D eigenvalue weighted by molar-refractivity contribution is 0.932. The van der Waals surface area contributed by atoms with Crippen LogP contribution >= 0.6 is 27.3 Å². The van der Waals surface area contributed by atoms with Gasteiger partial charge >= 0.3 is 0 Å². The van der Waals surface area contributed by atoms with E-state index in [1.165, 1.54) is 10.6 Å². The number of rotatable bonds is 6. The largest absolute Gasteiger partial charge is 0.370 e. The molecule has 0 bridgehead atoms. The molecule has 102 valence electrons. The van der Waals surface area contributed by atoms with Gasteiger partial charge in [0.05, 0.1) is 6.54 Å². The molecule has 0 atom stereocenters. The number of nitrogens with zero attached hydrogens (tertiary/aromatic N) is 2. The van der Waals surface area contributed by atoms with Crippen LogP contribution in [0.3, 0.4) is 0 Å². The van der Waals surface area contributed by atoms with Crippen LogP contribution in [0, 0.1) is 0 Å². The Morgan fingerprint density at radius 3 is 2.95 bits per heavy atom. The molecule has 19 heavy (non-hydrogen) atoms. The van der Waals surface area contributed by atoms with Crippen LogP contribution in [0.2, 0.25) is 0 Å². The summed E-state index contributed by atoms with van der Waals surface area (Å²) in [5, 5.41) is 5.43. The molecule has 0 aliphatic rings. The average Bonchev–Trinajstić information content (AvgIpc) is 2.82. The summed E-state index contributed by atoms with van der Waals surface area (Å²) in [6.07, 6.45) is 2.96. The predicted octanol–water partition coefficient (Wildman–Crippen LogP) is 4.36. The molecular weight excluding hydrogens is 322 g/mol. The molecule has 2 rings (SSSR count). The van der Waals surface area contributed by atoms with Crippen molar-refractivity contribution in [1.29, 1.82) is 0 Å². The van der Waals surface area contributed by atoms with E-state index in [0.717, 1.165) is 29.8 Å².